The highest BCUT2D eigenvalue weighted by atomic mass is 35.5. The van der Waals surface area contributed by atoms with E-state index in [1.54, 1.807) is 0 Å². The van der Waals surface area contributed by atoms with Gasteiger partial charge in [0.05, 0.1) is 18.8 Å². The standard InChI is InChI=1S/C8H16ClNO3/c1-2-3-7(12)6(5-11)10-8(13)4-9/h6-7,11-12H,2-5H2,1H3,(H,10,13)/t6-,7+/m0/s1. The van der Waals surface area contributed by atoms with Gasteiger partial charge in [0.2, 0.25) is 5.91 Å². The third-order valence-corrected chi connectivity index (χ3v) is 1.96. The molecule has 0 heterocycles. The highest BCUT2D eigenvalue weighted by Crippen LogP contribution is 2.01. The highest BCUT2D eigenvalue weighted by Gasteiger charge is 2.18. The second kappa shape index (κ2) is 7.12. The molecule has 0 rings (SSSR count). The fourth-order valence-electron chi connectivity index (χ4n) is 1.01. The number of hydrogen-bond acceptors (Lipinski definition) is 3. The lowest BCUT2D eigenvalue weighted by Crippen LogP contribution is -2.46. The summed E-state index contributed by atoms with van der Waals surface area (Å²) in [5, 5.41) is 20.7. The van der Waals surface area contributed by atoms with E-state index in [2.05, 4.69) is 5.32 Å². The zero-order valence-corrected chi connectivity index (χ0v) is 8.42. The molecule has 4 nitrogen and oxygen atoms in total. The van der Waals surface area contributed by atoms with Gasteiger partial charge in [-0.15, -0.1) is 11.6 Å². The fraction of sp³-hybridized carbons (Fsp3) is 0.875. The van der Waals surface area contributed by atoms with Gasteiger partial charge in [0.1, 0.15) is 5.88 Å². The first-order chi connectivity index (χ1) is 6.15. The van der Waals surface area contributed by atoms with Crippen molar-refractivity contribution in [2.24, 2.45) is 0 Å². The quantitative estimate of drug-likeness (QED) is 0.534. The van der Waals surface area contributed by atoms with Crippen LogP contribution in [0.1, 0.15) is 19.8 Å². The van der Waals surface area contributed by atoms with Crippen molar-refractivity contribution >= 4 is 17.5 Å². The molecule has 0 aliphatic carbocycles. The third kappa shape index (κ3) is 5.08. The van der Waals surface area contributed by atoms with Crippen LogP contribution in [0.25, 0.3) is 0 Å². The number of carbonyl (C=O) groups excluding carboxylic acids is 1. The summed E-state index contributed by atoms with van der Waals surface area (Å²) in [6, 6.07) is -0.605. The minimum absolute atomic E-state index is 0.157. The SMILES string of the molecule is CCC[C@@H](O)[C@H](CO)NC(=O)CCl. The zero-order chi connectivity index (χ0) is 10.3. The van der Waals surface area contributed by atoms with Gasteiger partial charge in [0, 0.05) is 0 Å². The van der Waals surface area contributed by atoms with Crippen LogP contribution >= 0.6 is 11.6 Å². The van der Waals surface area contributed by atoms with Gasteiger partial charge in [-0.1, -0.05) is 13.3 Å². The highest BCUT2D eigenvalue weighted by molar-refractivity contribution is 6.27. The Morgan fingerprint density at radius 3 is 2.62 bits per heavy atom. The van der Waals surface area contributed by atoms with Crippen molar-refractivity contribution in [3.8, 4) is 0 Å². The minimum atomic E-state index is -0.706. The number of hydrogen-bond donors (Lipinski definition) is 3. The molecule has 0 saturated heterocycles. The van der Waals surface area contributed by atoms with Gasteiger partial charge in [0.15, 0.2) is 0 Å². The molecule has 0 unspecified atom stereocenters. The number of halogens is 1. The molecule has 0 aromatic rings. The van der Waals surface area contributed by atoms with Crippen molar-refractivity contribution in [2.45, 2.75) is 31.9 Å². The molecule has 0 saturated carbocycles. The zero-order valence-electron chi connectivity index (χ0n) is 7.66. The predicted molar refractivity (Wildman–Crippen MR) is 50.7 cm³/mol. The molecule has 0 aromatic heterocycles. The Labute approximate surface area is 82.9 Å². The van der Waals surface area contributed by atoms with Crippen molar-refractivity contribution in [2.75, 3.05) is 12.5 Å². The summed E-state index contributed by atoms with van der Waals surface area (Å²) in [4.78, 5) is 10.8. The average Bonchev–Trinajstić information content (AvgIpc) is 2.14. The van der Waals surface area contributed by atoms with E-state index >= 15 is 0 Å². The van der Waals surface area contributed by atoms with Gasteiger partial charge in [-0.3, -0.25) is 4.79 Å². The normalized spacial score (nSPS) is 15.1. The van der Waals surface area contributed by atoms with E-state index in [0.717, 1.165) is 6.42 Å². The summed E-state index contributed by atoms with van der Waals surface area (Å²) in [5.74, 6) is -0.536. The Kier molecular flexibility index (Phi) is 6.94. The summed E-state index contributed by atoms with van der Waals surface area (Å²) < 4.78 is 0. The van der Waals surface area contributed by atoms with E-state index < -0.39 is 12.1 Å². The van der Waals surface area contributed by atoms with Crippen molar-refractivity contribution in [3.05, 3.63) is 0 Å². The van der Waals surface area contributed by atoms with Gasteiger partial charge in [-0.05, 0) is 6.42 Å². The second-order valence-corrected chi connectivity index (χ2v) is 3.11. The summed E-state index contributed by atoms with van der Waals surface area (Å²) in [6.45, 7) is 1.64. The molecule has 1 amide bonds. The summed E-state index contributed by atoms with van der Waals surface area (Å²) in [6.07, 6.45) is 0.643. The number of aliphatic hydroxyl groups is 2. The first-order valence-electron chi connectivity index (χ1n) is 4.29. The van der Waals surface area contributed by atoms with Crippen LogP contribution in [0.2, 0.25) is 0 Å². The van der Waals surface area contributed by atoms with Gasteiger partial charge >= 0.3 is 0 Å². The first-order valence-corrected chi connectivity index (χ1v) is 4.83. The van der Waals surface area contributed by atoms with Crippen LogP contribution in [0, 0.1) is 0 Å². The maximum absolute atomic E-state index is 10.8. The van der Waals surface area contributed by atoms with E-state index in [4.69, 9.17) is 16.7 Å². The molecule has 0 radical (unpaired) electrons. The van der Waals surface area contributed by atoms with Crippen LogP contribution < -0.4 is 5.32 Å². The lowest BCUT2D eigenvalue weighted by Gasteiger charge is -2.21. The number of alkyl halides is 1. The molecular weight excluding hydrogens is 194 g/mol. The molecule has 0 aromatic carbocycles. The average molecular weight is 210 g/mol. The van der Waals surface area contributed by atoms with Crippen LogP contribution in [-0.4, -0.2) is 40.8 Å². The van der Waals surface area contributed by atoms with Crippen LogP contribution in [0.3, 0.4) is 0 Å². The van der Waals surface area contributed by atoms with Crippen LogP contribution in [0.15, 0.2) is 0 Å². The van der Waals surface area contributed by atoms with E-state index in [1.165, 1.54) is 0 Å². The number of aliphatic hydroxyl groups excluding tert-OH is 2. The Morgan fingerprint density at radius 2 is 2.23 bits per heavy atom. The fourth-order valence-corrected chi connectivity index (χ4v) is 1.08. The second-order valence-electron chi connectivity index (χ2n) is 2.85. The van der Waals surface area contributed by atoms with E-state index in [9.17, 15) is 9.90 Å². The smallest absolute Gasteiger partial charge is 0.235 e. The van der Waals surface area contributed by atoms with Crippen molar-refractivity contribution in [3.63, 3.8) is 0 Å². The minimum Gasteiger partial charge on any atom is -0.394 e. The maximum atomic E-state index is 10.8. The molecule has 13 heavy (non-hydrogen) atoms. The van der Waals surface area contributed by atoms with E-state index in [0.29, 0.717) is 6.42 Å². The Hall–Kier alpha value is -0.320. The van der Waals surface area contributed by atoms with Gasteiger partial charge in [-0.2, -0.15) is 0 Å². The Balaban J connectivity index is 3.93. The van der Waals surface area contributed by atoms with Gasteiger partial charge in [-0.25, -0.2) is 0 Å². The molecule has 3 N–H and O–H groups in total. The van der Waals surface area contributed by atoms with E-state index in [-0.39, 0.29) is 18.4 Å². The first kappa shape index (κ1) is 12.7. The van der Waals surface area contributed by atoms with Crippen LogP contribution in [0.5, 0.6) is 0 Å². The third-order valence-electron chi connectivity index (χ3n) is 1.71. The molecule has 0 fully saturated rings. The number of carbonyl (C=O) groups is 1. The molecule has 0 bridgehead atoms. The summed E-state index contributed by atoms with van der Waals surface area (Å²) in [5.41, 5.74) is 0. The molecule has 0 aliphatic rings. The number of nitrogens with one attached hydrogen (secondary N) is 1. The molecule has 78 valence electrons. The maximum Gasteiger partial charge on any atom is 0.235 e. The van der Waals surface area contributed by atoms with Gasteiger partial charge in [0.25, 0.3) is 0 Å². The van der Waals surface area contributed by atoms with Crippen LogP contribution in [0.4, 0.5) is 0 Å². The molecule has 0 aliphatic heterocycles. The molecular formula is C8H16ClNO3. The number of amides is 1. The Bertz CT molecular complexity index is 154. The van der Waals surface area contributed by atoms with Crippen molar-refractivity contribution in [1.82, 2.24) is 5.32 Å². The van der Waals surface area contributed by atoms with Crippen LogP contribution in [-0.2, 0) is 4.79 Å². The summed E-state index contributed by atoms with van der Waals surface area (Å²) in [7, 11) is 0. The predicted octanol–water partition coefficient (Wildman–Crippen LogP) is -0.137. The summed E-state index contributed by atoms with van der Waals surface area (Å²) >= 11 is 5.26. The molecule has 5 heteroatoms. The van der Waals surface area contributed by atoms with Crippen molar-refractivity contribution in [1.29, 1.82) is 0 Å². The molecule has 2 atom stereocenters. The lowest BCUT2D eigenvalue weighted by molar-refractivity contribution is -0.120. The number of rotatable bonds is 6. The van der Waals surface area contributed by atoms with E-state index in [1.807, 2.05) is 6.92 Å². The Morgan fingerprint density at radius 1 is 1.62 bits per heavy atom. The topological polar surface area (TPSA) is 69.6 Å². The van der Waals surface area contributed by atoms with Crippen molar-refractivity contribution < 1.29 is 15.0 Å². The van der Waals surface area contributed by atoms with Gasteiger partial charge < -0.3 is 15.5 Å². The molecule has 0 spiro atoms. The monoisotopic (exact) mass is 209 g/mol. The largest absolute Gasteiger partial charge is 0.394 e. The lowest BCUT2D eigenvalue weighted by atomic mass is 10.1.